The molecule has 0 radical (unpaired) electrons. The number of nitrogens with zero attached hydrogens (tertiary/aromatic N) is 3. The summed E-state index contributed by atoms with van der Waals surface area (Å²) in [6, 6.07) is 15.3. The number of aliphatic imine (C=N–C) groups is 1. The molecule has 1 saturated heterocycles. The van der Waals surface area contributed by atoms with Crippen LogP contribution < -0.4 is 10.2 Å². The van der Waals surface area contributed by atoms with Crippen molar-refractivity contribution >= 4 is 52.7 Å². The molecule has 190 valence electrons. The van der Waals surface area contributed by atoms with Gasteiger partial charge in [0.15, 0.2) is 0 Å². The second kappa shape index (κ2) is 11.9. The maximum Gasteiger partial charge on any atom is 0.283 e. The Hall–Kier alpha value is -3.13. The van der Waals surface area contributed by atoms with Crippen LogP contribution >= 0.6 is 23.4 Å². The third-order valence-corrected chi connectivity index (χ3v) is 8.04. The Bertz CT molecular complexity index is 1280. The van der Waals surface area contributed by atoms with Crippen LogP contribution in [0.3, 0.4) is 0 Å². The van der Waals surface area contributed by atoms with Crippen molar-refractivity contribution in [2.45, 2.75) is 11.7 Å². The number of carbonyl (C=O) groups excluding carboxylic acids is 2. The van der Waals surface area contributed by atoms with Crippen LogP contribution in [-0.2, 0) is 4.79 Å². The molecule has 1 atom stereocenters. The normalized spacial score (nSPS) is 20.6. The van der Waals surface area contributed by atoms with Crippen LogP contribution in [0.4, 0.5) is 5.69 Å². The number of nitrogens with one attached hydrogen (secondary N) is 1. The lowest BCUT2D eigenvalue weighted by atomic mass is 10.1. The smallest absolute Gasteiger partial charge is 0.283 e. The lowest BCUT2D eigenvalue weighted by Gasteiger charge is -2.36. The quantitative estimate of drug-likeness (QED) is 0.408. The molecule has 3 aliphatic rings. The van der Waals surface area contributed by atoms with E-state index in [1.807, 2.05) is 60.7 Å². The number of amides is 2. The van der Waals surface area contributed by atoms with Crippen LogP contribution in [0.2, 0.25) is 5.02 Å². The first-order valence-electron chi connectivity index (χ1n) is 12.5. The minimum atomic E-state index is -0.219. The molecule has 2 aromatic carbocycles. The Balaban J connectivity index is 1.05. The van der Waals surface area contributed by atoms with Gasteiger partial charge >= 0.3 is 0 Å². The van der Waals surface area contributed by atoms with Gasteiger partial charge in [0.25, 0.3) is 11.8 Å². The summed E-state index contributed by atoms with van der Waals surface area (Å²) in [5.74, 6) is -0.301. The monoisotopic (exact) mass is 532 g/mol. The zero-order valence-electron chi connectivity index (χ0n) is 20.5. The Labute approximate surface area is 226 Å². The van der Waals surface area contributed by atoms with Crippen molar-refractivity contribution in [1.29, 1.82) is 0 Å². The molecule has 2 amide bonds. The van der Waals surface area contributed by atoms with Gasteiger partial charge in [-0.1, -0.05) is 48.0 Å². The van der Waals surface area contributed by atoms with E-state index in [1.54, 1.807) is 12.1 Å². The van der Waals surface area contributed by atoms with Crippen LogP contribution in [0.1, 0.15) is 22.3 Å². The van der Waals surface area contributed by atoms with E-state index in [9.17, 15) is 9.59 Å². The maximum absolute atomic E-state index is 12.6. The molecule has 2 aromatic rings. The van der Waals surface area contributed by atoms with Gasteiger partial charge in [-0.3, -0.25) is 14.5 Å². The number of carbonyl (C=O) groups is 2. The molecule has 1 fully saturated rings. The van der Waals surface area contributed by atoms with Crippen LogP contribution in [0.15, 0.2) is 82.7 Å². The molecule has 5 rings (SSSR count). The van der Waals surface area contributed by atoms with Gasteiger partial charge in [0.05, 0.1) is 15.9 Å². The molecule has 0 bridgehead atoms. The average molecular weight is 533 g/mol. The Morgan fingerprint density at radius 3 is 2.70 bits per heavy atom. The molecule has 37 heavy (non-hydrogen) atoms. The van der Waals surface area contributed by atoms with Crippen molar-refractivity contribution in [3.63, 3.8) is 0 Å². The number of rotatable bonds is 7. The number of thioether (sulfide) groups is 1. The number of anilines is 1. The van der Waals surface area contributed by atoms with E-state index >= 15 is 0 Å². The van der Waals surface area contributed by atoms with Gasteiger partial charge in [-0.2, -0.15) is 0 Å². The summed E-state index contributed by atoms with van der Waals surface area (Å²) >= 11 is 7.63. The minimum Gasteiger partial charge on any atom is -0.369 e. The molecule has 1 aliphatic carbocycles. The molecular formula is C29H29ClN4O2S. The molecule has 8 heteroatoms. The van der Waals surface area contributed by atoms with E-state index in [0.717, 1.165) is 55.4 Å². The van der Waals surface area contributed by atoms with Gasteiger partial charge in [0, 0.05) is 49.0 Å². The van der Waals surface area contributed by atoms with E-state index in [2.05, 4.69) is 26.2 Å². The molecule has 2 aliphatic heterocycles. The highest BCUT2D eigenvalue weighted by Gasteiger charge is 2.25. The first kappa shape index (κ1) is 25.5. The van der Waals surface area contributed by atoms with E-state index in [0.29, 0.717) is 17.0 Å². The maximum atomic E-state index is 12.6. The van der Waals surface area contributed by atoms with Gasteiger partial charge in [-0.25, -0.2) is 4.99 Å². The first-order chi connectivity index (χ1) is 18.0. The fourth-order valence-corrected chi connectivity index (χ4v) is 5.79. The topological polar surface area (TPSA) is 65.0 Å². The van der Waals surface area contributed by atoms with E-state index in [4.69, 9.17) is 11.6 Å². The van der Waals surface area contributed by atoms with Crippen LogP contribution in [0.5, 0.6) is 0 Å². The van der Waals surface area contributed by atoms with Crippen molar-refractivity contribution in [3.05, 3.63) is 93.9 Å². The van der Waals surface area contributed by atoms with Crippen LogP contribution in [0.25, 0.3) is 6.08 Å². The van der Waals surface area contributed by atoms with Crippen molar-refractivity contribution in [2.24, 2.45) is 4.99 Å². The number of allylic oxidation sites excluding steroid dienone is 3. The van der Waals surface area contributed by atoms with Crippen LogP contribution in [0, 0.1) is 0 Å². The zero-order chi connectivity index (χ0) is 25.6. The van der Waals surface area contributed by atoms with Gasteiger partial charge < -0.3 is 10.2 Å². The number of piperazine rings is 1. The molecular weight excluding hydrogens is 504 g/mol. The summed E-state index contributed by atoms with van der Waals surface area (Å²) < 4.78 is 0. The SMILES string of the molecule is O=C1N=C2C=CC=CC2S/C1=C/c1ccc(C(=O)NCCCN2CCN(c3cccc(Cl)c3)CC2)cc1. The highest BCUT2D eigenvalue weighted by molar-refractivity contribution is 8.05. The molecule has 0 saturated carbocycles. The second-order valence-corrected chi connectivity index (χ2v) is 10.8. The van der Waals surface area contributed by atoms with E-state index in [-0.39, 0.29) is 17.1 Å². The Morgan fingerprint density at radius 2 is 1.92 bits per heavy atom. The average Bonchev–Trinajstić information content (AvgIpc) is 2.92. The van der Waals surface area contributed by atoms with Crippen molar-refractivity contribution in [2.75, 3.05) is 44.2 Å². The molecule has 1 N–H and O–H groups in total. The van der Waals surface area contributed by atoms with Gasteiger partial charge in [-0.15, -0.1) is 11.8 Å². The molecule has 2 heterocycles. The Morgan fingerprint density at radius 1 is 1.11 bits per heavy atom. The summed E-state index contributed by atoms with van der Waals surface area (Å²) in [6.45, 7) is 5.53. The fraction of sp³-hybridized carbons (Fsp3) is 0.276. The highest BCUT2D eigenvalue weighted by Crippen LogP contribution is 2.33. The summed E-state index contributed by atoms with van der Waals surface area (Å²) in [7, 11) is 0. The lowest BCUT2D eigenvalue weighted by molar-refractivity contribution is -0.113. The molecule has 1 unspecified atom stereocenters. The number of hydrogen-bond acceptors (Lipinski definition) is 5. The van der Waals surface area contributed by atoms with Gasteiger partial charge in [0.1, 0.15) is 0 Å². The van der Waals surface area contributed by atoms with Crippen LogP contribution in [-0.4, -0.2) is 66.9 Å². The molecule has 6 nitrogen and oxygen atoms in total. The van der Waals surface area contributed by atoms with Crippen molar-refractivity contribution in [1.82, 2.24) is 10.2 Å². The predicted molar refractivity (Wildman–Crippen MR) is 154 cm³/mol. The largest absolute Gasteiger partial charge is 0.369 e. The van der Waals surface area contributed by atoms with E-state index < -0.39 is 0 Å². The summed E-state index contributed by atoms with van der Waals surface area (Å²) in [5.41, 5.74) is 3.45. The fourth-order valence-electron chi connectivity index (χ4n) is 4.56. The first-order valence-corrected chi connectivity index (χ1v) is 13.8. The number of hydrogen-bond donors (Lipinski definition) is 1. The standard InChI is InChI=1S/C29H29ClN4O2S/c30-23-5-3-6-24(20-23)34-17-15-33(16-18-34)14-4-13-31-28(35)22-11-9-21(10-12-22)19-27-29(36)32-25-7-1-2-8-26(25)37-27/h1-3,5-12,19-20,26H,4,13-18H2,(H,31,35)/b27-19+. The molecule has 0 aromatic heterocycles. The summed E-state index contributed by atoms with van der Waals surface area (Å²) in [5, 5.41) is 3.86. The third-order valence-electron chi connectivity index (χ3n) is 6.60. The van der Waals surface area contributed by atoms with Gasteiger partial charge in [-0.05, 0) is 61.0 Å². The van der Waals surface area contributed by atoms with Crippen molar-refractivity contribution < 1.29 is 9.59 Å². The molecule has 0 spiro atoms. The number of benzene rings is 2. The minimum absolute atomic E-state index is 0.0748. The summed E-state index contributed by atoms with van der Waals surface area (Å²) in [4.78, 5) is 34.6. The zero-order valence-corrected chi connectivity index (χ0v) is 22.0. The lowest BCUT2D eigenvalue weighted by Crippen LogP contribution is -2.47. The third kappa shape index (κ3) is 6.60. The summed E-state index contributed by atoms with van der Waals surface area (Å²) in [6.07, 6.45) is 10.5. The Kier molecular flexibility index (Phi) is 8.24. The van der Waals surface area contributed by atoms with Crippen molar-refractivity contribution in [3.8, 4) is 0 Å². The van der Waals surface area contributed by atoms with E-state index in [1.165, 1.54) is 17.4 Å². The number of halogens is 1. The highest BCUT2D eigenvalue weighted by atomic mass is 35.5. The second-order valence-electron chi connectivity index (χ2n) is 9.17. The van der Waals surface area contributed by atoms with Gasteiger partial charge in [0.2, 0.25) is 0 Å². The predicted octanol–water partition coefficient (Wildman–Crippen LogP) is 4.83. The number of fused-ring (bicyclic) bond motifs is 1.